The number of anilines is 1. The monoisotopic (exact) mass is 341 g/mol. The summed E-state index contributed by atoms with van der Waals surface area (Å²) in [7, 11) is 1.18. The molecule has 2 heterocycles. The van der Waals surface area contributed by atoms with E-state index in [1.807, 2.05) is 0 Å². The summed E-state index contributed by atoms with van der Waals surface area (Å²) in [5.41, 5.74) is 2.67. The van der Waals surface area contributed by atoms with E-state index in [0.29, 0.717) is 5.02 Å². The quantitative estimate of drug-likeness (QED) is 0.640. The van der Waals surface area contributed by atoms with Gasteiger partial charge >= 0.3 is 5.97 Å². The molecular weight excluding hydrogens is 333 g/mol. The number of halogens is 2. The molecule has 0 bridgehead atoms. The molecule has 3 rings (SSSR count). The van der Waals surface area contributed by atoms with Crippen LogP contribution in [-0.4, -0.2) is 36.6 Å². The molecule has 9 heteroatoms. The second-order valence-electron chi connectivity index (χ2n) is 4.68. The van der Waals surface area contributed by atoms with E-state index in [9.17, 15) is 14.4 Å². The van der Waals surface area contributed by atoms with Gasteiger partial charge in [0.1, 0.15) is 12.0 Å². The first-order valence-electron chi connectivity index (χ1n) is 6.20. The van der Waals surface area contributed by atoms with E-state index in [0.717, 1.165) is 4.90 Å². The summed E-state index contributed by atoms with van der Waals surface area (Å²) >= 11 is 11.7. The maximum Gasteiger partial charge on any atom is 0.355 e. The summed E-state index contributed by atoms with van der Waals surface area (Å²) < 4.78 is 4.57. The molecule has 1 aromatic carbocycles. The van der Waals surface area contributed by atoms with E-state index in [1.165, 1.54) is 25.3 Å². The van der Waals surface area contributed by atoms with E-state index in [4.69, 9.17) is 23.2 Å². The Morgan fingerprint density at radius 1 is 1.27 bits per heavy atom. The molecule has 114 valence electrons. The van der Waals surface area contributed by atoms with Crippen LogP contribution in [0.4, 0.5) is 5.69 Å². The second kappa shape index (κ2) is 5.26. The number of benzene rings is 1. The molecule has 0 spiro atoms. The Hall–Kier alpha value is -2.12. The van der Waals surface area contributed by atoms with Crippen LogP contribution in [-0.2, 0) is 19.1 Å². The first kappa shape index (κ1) is 14.8. The summed E-state index contributed by atoms with van der Waals surface area (Å²) in [5.74, 6) is -2.84. The highest BCUT2D eigenvalue weighted by Gasteiger charge is 2.55. The highest BCUT2D eigenvalue weighted by Crippen LogP contribution is 2.33. The molecule has 22 heavy (non-hydrogen) atoms. The topological polar surface area (TPSA) is 88.1 Å². The van der Waals surface area contributed by atoms with Gasteiger partial charge in [0.05, 0.1) is 22.8 Å². The molecule has 1 N–H and O–H groups in total. The SMILES string of the molecule is COC(=O)C1=NN[C@@H]2C(=O)N(c3ccc(Cl)c(Cl)c3)C(=O)[C@H]12. The van der Waals surface area contributed by atoms with Crippen molar-refractivity contribution in [2.45, 2.75) is 6.04 Å². The van der Waals surface area contributed by atoms with Gasteiger partial charge in [-0.1, -0.05) is 23.2 Å². The Balaban J connectivity index is 1.98. The Morgan fingerprint density at radius 2 is 2.00 bits per heavy atom. The first-order valence-corrected chi connectivity index (χ1v) is 6.95. The molecule has 0 saturated carbocycles. The van der Waals surface area contributed by atoms with Gasteiger partial charge in [-0.2, -0.15) is 5.10 Å². The van der Waals surface area contributed by atoms with Crippen molar-refractivity contribution in [3.63, 3.8) is 0 Å². The normalized spacial score (nSPS) is 23.2. The summed E-state index contributed by atoms with van der Waals surface area (Å²) in [6, 6.07) is 3.47. The van der Waals surface area contributed by atoms with Crippen molar-refractivity contribution in [1.82, 2.24) is 5.43 Å². The molecule has 2 aliphatic rings. The van der Waals surface area contributed by atoms with Crippen LogP contribution in [0.5, 0.6) is 0 Å². The maximum atomic E-state index is 12.5. The van der Waals surface area contributed by atoms with Crippen molar-refractivity contribution in [3.05, 3.63) is 28.2 Å². The summed E-state index contributed by atoms with van der Waals surface area (Å²) in [5, 5.41) is 4.25. The van der Waals surface area contributed by atoms with Crippen molar-refractivity contribution in [2.24, 2.45) is 11.0 Å². The highest BCUT2D eigenvalue weighted by atomic mass is 35.5. The van der Waals surface area contributed by atoms with Gasteiger partial charge in [-0.3, -0.25) is 15.0 Å². The van der Waals surface area contributed by atoms with Crippen LogP contribution in [0.3, 0.4) is 0 Å². The number of carbonyl (C=O) groups is 3. The summed E-state index contributed by atoms with van der Waals surface area (Å²) in [6.45, 7) is 0. The zero-order valence-electron chi connectivity index (χ0n) is 11.2. The number of esters is 1. The number of ether oxygens (including phenoxy) is 1. The molecule has 7 nitrogen and oxygen atoms in total. The number of carbonyl (C=O) groups excluding carboxylic acids is 3. The number of hydrazone groups is 1. The van der Waals surface area contributed by atoms with Gasteiger partial charge in [0.25, 0.3) is 5.91 Å². The van der Waals surface area contributed by atoms with E-state index >= 15 is 0 Å². The molecule has 0 aromatic heterocycles. The Labute approximate surface area is 134 Å². The van der Waals surface area contributed by atoms with Crippen LogP contribution in [0.15, 0.2) is 23.3 Å². The fourth-order valence-corrected chi connectivity index (χ4v) is 2.73. The smallest absolute Gasteiger partial charge is 0.355 e. The van der Waals surface area contributed by atoms with E-state index in [2.05, 4.69) is 15.3 Å². The van der Waals surface area contributed by atoms with Crippen LogP contribution >= 0.6 is 23.2 Å². The summed E-state index contributed by atoms with van der Waals surface area (Å²) in [6.07, 6.45) is 0. The first-order chi connectivity index (χ1) is 10.5. The van der Waals surface area contributed by atoms with Gasteiger partial charge in [-0.25, -0.2) is 9.69 Å². The zero-order valence-corrected chi connectivity index (χ0v) is 12.7. The number of hydrogen-bond donors (Lipinski definition) is 1. The number of imide groups is 1. The van der Waals surface area contributed by atoms with Gasteiger partial charge in [0.15, 0.2) is 5.71 Å². The van der Waals surface area contributed by atoms with Crippen LogP contribution in [0.1, 0.15) is 0 Å². The average molecular weight is 342 g/mol. The van der Waals surface area contributed by atoms with Crippen molar-refractivity contribution in [2.75, 3.05) is 12.0 Å². The van der Waals surface area contributed by atoms with Crippen LogP contribution in [0.25, 0.3) is 0 Å². The predicted octanol–water partition coefficient (Wildman–Crippen LogP) is 0.984. The van der Waals surface area contributed by atoms with E-state index in [1.54, 1.807) is 0 Å². The predicted molar refractivity (Wildman–Crippen MR) is 78.8 cm³/mol. The second-order valence-corrected chi connectivity index (χ2v) is 5.50. The minimum Gasteiger partial charge on any atom is -0.464 e. The largest absolute Gasteiger partial charge is 0.464 e. The van der Waals surface area contributed by atoms with Crippen molar-refractivity contribution < 1.29 is 19.1 Å². The molecule has 2 aliphatic heterocycles. The Bertz CT molecular complexity index is 734. The van der Waals surface area contributed by atoms with Gasteiger partial charge in [-0.15, -0.1) is 0 Å². The molecule has 2 atom stereocenters. The lowest BCUT2D eigenvalue weighted by atomic mass is 9.99. The number of hydrogen-bond acceptors (Lipinski definition) is 6. The molecule has 0 unspecified atom stereocenters. The lowest BCUT2D eigenvalue weighted by Crippen LogP contribution is -2.36. The highest BCUT2D eigenvalue weighted by molar-refractivity contribution is 6.47. The fraction of sp³-hybridized carbons (Fsp3) is 0.231. The number of rotatable bonds is 2. The van der Waals surface area contributed by atoms with E-state index in [-0.39, 0.29) is 16.4 Å². The lowest BCUT2D eigenvalue weighted by molar-refractivity contribution is -0.133. The van der Waals surface area contributed by atoms with Gasteiger partial charge < -0.3 is 4.74 Å². The average Bonchev–Trinajstić information content (AvgIpc) is 3.03. The standard InChI is InChI=1S/C13H9Cl2N3O4/c1-22-13(21)10-8-9(16-17-10)12(20)18(11(8)19)5-2-3-6(14)7(15)4-5/h2-4,8-9,16H,1H3/t8-,9-/m0/s1. The lowest BCUT2D eigenvalue weighted by Gasteiger charge is -2.16. The van der Waals surface area contributed by atoms with Crippen molar-refractivity contribution in [1.29, 1.82) is 0 Å². The summed E-state index contributed by atoms with van der Waals surface area (Å²) in [4.78, 5) is 37.5. The van der Waals surface area contributed by atoms with Crippen molar-refractivity contribution >= 4 is 52.4 Å². The van der Waals surface area contributed by atoms with Crippen LogP contribution < -0.4 is 10.3 Å². The Kier molecular flexibility index (Phi) is 3.54. The van der Waals surface area contributed by atoms with E-state index < -0.39 is 29.7 Å². The number of methoxy groups -OCH3 is 1. The Morgan fingerprint density at radius 3 is 2.64 bits per heavy atom. The number of fused-ring (bicyclic) bond motifs is 1. The molecule has 1 saturated heterocycles. The number of amides is 2. The third kappa shape index (κ3) is 2.05. The molecule has 2 amide bonds. The van der Waals surface area contributed by atoms with Crippen LogP contribution in [0, 0.1) is 5.92 Å². The third-order valence-electron chi connectivity index (χ3n) is 3.48. The third-order valence-corrected chi connectivity index (χ3v) is 4.22. The van der Waals surface area contributed by atoms with Gasteiger partial charge in [0, 0.05) is 0 Å². The molecular formula is C13H9Cl2N3O4. The van der Waals surface area contributed by atoms with Gasteiger partial charge in [-0.05, 0) is 18.2 Å². The fourth-order valence-electron chi connectivity index (χ4n) is 2.44. The van der Waals surface area contributed by atoms with Gasteiger partial charge in [0.2, 0.25) is 5.91 Å². The molecule has 1 aromatic rings. The molecule has 0 radical (unpaired) electrons. The number of nitrogens with zero attached hydrogens (tertiary/aromatic N) is 2. The molecule has 0 aliphatic carbocycles. The minimum atomic E-state index is -1.01. The van der Waals surface area contributed by atoms with Crippen LogP contribution in [0.2, 0.25) is 10.0 Å². The molecule has 1 fully saturated rings. The minimum absolute atomic E-state index is 0.117. The maximum absolute atomic E-state index is 12.5. The number of nitrogens with one attached hydrogen (secondary N) is 1. The zero-order chi connectivity index (χ0) is 16.0. The van der Waals surface area contributed by atoms with Crippen molar-refractivity contribution in [3.8, 4) is 0 Å².